The predicted octanol–water partition coefficient (Wildman–Crippen LogP) is 6.35. The van der Waals surface area contributed by atoms with E-state index in [1.165, 1.54) is 11.1 Å². The Hall–Kier alpha value is -3.45. The molecule has 1 fully saturated rings. The third-order valence-electron chi connectivity index (χ3n) is 7.86. The maximum absolute atomic E-state index is 14.7. The molecule has 0 spiro atoms. The highest BCUT2D eigenvalue weighted by molar-refractivity contribution is 5.98. The minimum atomic E-state index is -0.0127. The number of piperidine rings is 1. The second kappa shape index (κ2) is 10.9. The molecule has 0 unspecified atom stereocenters. The molecule has 0 radical (unpaired) electrons. The fourth-order valence-corrected chi connectivity index (χ4v) is 5.88. The van der Waals surface area contributed by atoms with Gasteiger partial charge >= 0.3 is 0 Å². The van der Waals surface area contributed by atoms with Gasteiger partial charge in [-0.05, 0) is 68.5 Å². The zero-order chi connectivity index (χ0) is 25.9. The van der Waals surface area contributed by atoms with Crippen LogP contribution in [-0.4, -0.2) is 58.9 Å². The van der Waals surface area contributed by atoms with E-state index in [4.69, 9.17) is 0 Å². The minimum Gasteiger partial charge on any atom is -0.350 e. The summed E-state index contributed by atoms with van der Waals surface area (Å²) in [6.45, 7) is 13.9. The number of hydrogen-bond acceptors (Lipinski definition) is 5. The summed E-state index contributed by atoms with van der Waals surface area (Å²) in [5.74, 6) is 0.905. The maximum Gasteiger partial charge on any atom is 0.123 e. The Labute approximate surface area is 219 Å². The number of rotatable bonds is 7. The summed E-state index contributed by atoms with van der Waals surface area (Å²) in [4.78, 5) is 8.88. The molecule has 3 heterocycles. The summed E-state index contributed by atoms with van der Waals surface area (Å²) in [5, 5.41) is 12.3. The number of allylic oxidation sites excluding steroid dienone is 5. The van der Waals surface area contributed by atoms with Crippen LogP contribution < -0.4 is 5.32 Å². The van der Waals surface area contributed by atoms with E-state index in [0.717, 1.165) is 91.0 Å². The third-order valence-corrected chi connectivity index (χ3v) is 7.86. The lowest BCUT2D eigenvalue weighted by molar-refractivity contribution is 0.122. The molecule has 7 heteroatoms. The SMILES string of the molecule is C=C/C(=C\C=N/C)c1n[nH]c2cc3c(cc12)CN([C@@H]1CCCN(CC2=C(CC)CCC=C2F)C1)C(=C)N3. The van der Waals surface area contributed by atoms with Crippen LogP contribution in [0.1, 0.15) is 50.3 Å². The Morgan fingerprint density at radius 2 is 2.22 bits per heavy atom. The second-order valence-corrected chi connectivity index (χ2v) is 10.1. The quantitative estimate of drug-likeness (QED) is 0.344. The van der Waals surface area contributed by atoms with Crippen molar-refractivity contribution in [3.05, 3.63) is 77.6 Å². The summed E-state index contributed by atoms with van der Waals surface area (Å²) >= 11 is 0. The molecule has 2 N–H and O–H groups in total. The average molecular weight is 501 g/mol. The standard InChI is InChI=1S/C30H37FN6/c1-5-21-9-7-11-27(31)26(21)19-36-14-8-10-24(18-36)37-17-23-15-25-29(16-28(23)33-20(37)3)34-35-30(25)22(6-2)12-13-32-4/h6,11-13,15-16,24,33H,2-3,5,7-10,14,17-19H2,1,4H3,(H,34,35)/b22-12+,32-13-/t24-/m1/s1. The number of nitrogens with zero attached hydrogens (tertiary/aromatic N) is 4. The lowest BCUT2D eigenvalue weighted by Gasteiger charge is -2.44. The number of H-pyrrole nitrogens is 1. The molecule has 1 saturated heterocycles. The zero-order valence-electron chi connectivity index (χ0n) is 22.0. The molecule has 1 aromatic carbocycles. The molecule has 1 aliphatic carbocycles. The van der Waals surface area contributed by atoms with E-state index >= 15 is 0 Å². The van der Waals surface area contributed by atoms with Crippen LogP contribution in [0.5, 0.6) is 0 Å². The van der Waals surface area contributed by atoms with E-state index in [1.807, 2.05) is 12.2 Å². The van der Waals surface area contributed by atoms with Crippen molar-refractivity contribution in [2.75, 3.05) is 32.0 Å². The lowest BCUT2D eigenvalue weighted by Crippen LogP contribution is -2.49. The van der Waals surface area contributed by atoms with Gasteiger partial charge in [-0.3, -0.25) is 15.0 Å². The van der Waals surface area contributed by atoms with Gasteiger partial charge in [-0.15, -0.1) is 0 Å². The largest absolute Gasteiger partial charge is 0.350 e. The van der Waals surface area contributed by atoms with Crippen molar-refractivity contribution in [2.24, 2.45) is 4.99 Å². The number of likely N-dealkylation sites (tertiary alicyclic amines) is 1. The molecule has 6 nitrogen and oxygen atoms in total. The van der Waals surface area contributed by atoms with Crippen LogP contribution in [0.15, 0.2) is 71.3 Å². The molecule has 1 aromatic heterocycles. The van der Waals surface area contributed by atoms with Gasteiger partial charge in [-0.2, -0.15) is 5.10 Å². The van der Waals surface area contributed by atoms with Gasteiger partial charge in [0.1, 0.15) is 5.83 Å². The van der Waals surface area contributed by atoms with Crippen molar-refractivity contribution in [1.82, 2.24) is 20.0 Å². The fourth-order valence-electron chi connectivity index (χ4n) is 5.88. The van der Waals surface area contributed by atoms with E-state index in [1.54, 1.807) is 19.3 Å². The van der Waals surface area contributed by atoms with Gasteiger partial charge in [-0.1, -0.05) is 31.7 Å². The summed E-state index contributed by atoms with van der Waals surface area (Å²) < 4.78 is 14.7. The van der Waals surface area contributed by atoms with E-state index in [-0.39, 0.29) is 5.83 Å². The Balaban J connectivity index is 1.37. The first-order valence-electron chi connectivity index (χ1n) is 13.3. The number of aromatic amines is 1. The molecule has 0 bridgehead atoms. The van der Waals surface area contributed by atoms with Crippen molar-refractivity contribution in [2.45, 2.75) is 51.6 Å². The summed E-state index contributed by atoms with van der Waals surface area (Å²) in [6, 6.07) is 4.66. The molecule has 194 valence electrons. The number of aliphatic imine (C=N–C) groups is 1. The molecule has 37 heavy (non-hydrogen) atoms. The third kappa shape index (κ3) is 5.05. The van der Waals surface area contributed by atoms with E-state index in [0.29, 0.717) is 12.6 Å². The first-order valence-corrected chi connectivity index (χ1v) is 13.3. The Kier molecular flexibility index (Phi) is 7.42. The molecule has 2 aromatic rings. The first-order chi connectivity index (χ1) is 18.0. The summed E-state index contributed by atoms with van der Waals surface area (Å²) in [6.07, 6.45) is 12.2. The molecule has 2 aliphatic heterocycles. The van der Waals surface area contributed by atoms with Crippen molar-refractivity contribution in [3.8, 4) is 0 Å². The highest BCUT2D eigenvalue weighted by Crippen LogP contribution is 2.36. The normalized spacial score (nSPS) is 21.4. The highest BCUT2D eigenvalue weighted by Gasteiger charge is 2.31. The Morgan fingerprint density at radius 3 is 3.00 bits per heavy atom. The van der Waals surface area contributed by atoms with Crippen LogP contribution in [0.3, 0.4) is 0 Å². The predicted molar refractivity (Wildman–Crippen MR) is 152 cm³/mol. The van der Waals surface area contributed by atoms with Gasteiger partial charge in [0.25, 0.3) is 0 Å². The van der Waals surface area contributed by atoms with Gasteiger partial charge in [-0.25, -0.2) is 4.39 Å². The number of halogens is 1. The molecule has 3 aliphatic rings. The van der Waals surface area contributed by atoms with Crippen molar-refractivity contribution in [3.63, 3.8) is 0 Å². The summed E-state index contributed by atoms with van der Waals surface area (Å²) in [5.41, 5.74) is 7.23. The summed E-state index contributed by atoms with van der Waals surface area (Å²) in [7, 11) is 1.75. The van der Waals surface area contributed by atoms with Crippen LogP contribution in [-0.2, 0) is 6.54 Å². The Bertz CT molecular complexity index is 1330. The minimum absolute atomic E-state index is 0.0127. The van der Waals surface area contributed by atoms with E-state index in [9.17, 15) is 4.39 Å². The van der Waals surface area contributed by atoms with E-state index in [2.05, 4.69) is 62.5 Å². The number of nitrogens with one attached hydrogen (secondary N) is 2. The van der Waals surface area contributed by atoms with Crippen LogP contribution in [0.2, 0.25) is 0 Å². The highest BCUT2D eigenvalue weighted by atomic mass is 19.1. The molecular formula is C30H37FN6. The lowest BCUT2D eigenvalue weighted by atomic mass is 9.93. The zero-order valence-corrected chi connectivity index (χ0v) is 22.0. The van der Waals surface area contributed by atoms with Gasteiger partial charge < -0.3 is 10.2 Å². The number of hydrogen-bond donors (Lipinski definition) is 2. The van der Waals surface area contributed by atoms with Crippen LogP contribution in [0, 0.1) is 0 Å². The molecule has 0 saturated carbocycles. The molecule has 5 rings (SSSR count). The van der Waals surface area contributed by atoms with Crippen LogP contribution in [0.4, 0.5) is 10.1 Å². The Morgan fingerprint density at radius 1 is 1.35 bits per heavy atom. The maximum atomic E-state index is 14.7. The fraction of sp³-hybridized carbons (Fsp3) is 0.400. The monoisotopic (exact) mass is 500 g/mol. The molecule has 1 atom stereocenters. The topological polar surface area (TPSA) is 59.6 Å². The van der Waals surface area contributed by atoms with Gasteiger partial charge in [0.2, 0.25) is 0 Å². The number of benzene rings is 1. The molecule has 0 amide bonds. The number of aromatic nitrogens is 2. The number of anilines is 1. The first kappa shape index (κ1) is 25.2. The van der Waals surface area contributed by atoms with Crippen LogP contribution >= 0.6 is 0 Å². The van der Waals surface area contributed by atoms with E-state index < -0.39 is 0 Å². The second-order valence-electron chi connectivity index (χ2n) is 10.1. The van der Waals surface area contributed by atoms with Gasteiger partial charge in [0.15, 0.2) is 0 Å². The van der Waals surface area contributed by atoms with Crippen molar-refractivity contribution >= 4 is 28.4 Å². The van der Waals surface area contributed by atoms with Crippen LogP contribution in [0.25, 0.3) is 16.5 Å². The smallest absolute Gasteiger partial charge is 0.123 e. The van der Waals surface area contributed by atoms with Gasteiger partial charge in [0.05, 0.1) is 17.0 Å². The van der Waals surface area contributed by atoms with Crippen molar-refractivity contribution < 1.29 is 4.39 Å². The number of fused-ring (bicyclic) bond motifs is 2. The van der Waals surface area contributed by atoms with Crippen molar-refractivity contribution in [1.29, 1.82) is 0 Å². The van der Waals surface area contributed by atoms with Gasteiger partial charge in [0, 0.05) is 61.2 Å². The average Bonchev–Trinajstić information content (AvgIpc) is 3.31. The molecular weight excluding hydrogens is 463 g/mol.